The molecule has 25 heavy (non-hydrogen) atoms. The van der Waals surface area contributed by atoms with E-state index in [4.69, 9.17) is 0 Å². The van der Waals surface area contributed by atoms with E-state index < -0.39 is 11.6 Å². The second kappa shape index (κ2) is 6.36. The minimum Gasteiger partial charge on any atom is -0.345 e. The van der Waals surface area contributed by atoms with Gasteiger partial charge in [-0.2, -0.15) is 0 Å². The summed E-state index contributed by atoms with van der Waals surface area (Å²) in [6.07, 6.45) is 3.18. The molecule has 0 atom stereocenters. The quantitative estimate of drug-likeness (QED) is 0.705. The van der Waals surface area contributed by atoms with E-state index in [1.54, 1.807) is 29.4 Å². The third-order valence-corrected chi connectivity index (χ3v) is 5.21. The Balaban J connectivity index is 1.49. The lowest BCUT2D eigenvalue weighted by Crippen LogP contribution is -2.48. The maximum absolute atomic E-state index is 13.8. The lowest BCUT2D eigenvalue weighted by Gasteiger charge is -2.34. The van der Waals surface area contributed by atoms with Crippen molar-refractivity contribution in [3.63, 3.8) is 0 Å². The van der Waals surface area contributed by atoms with Gasteiger partial charge in [0, 0.05) is 44.6 Å². The minimum absolute atomic E-state index is 0.0508. The number of hydrogen-bond donors (Lipinski definition) is 0. The van der Waals surface area contributed by atoms with E-state index in [-0.39, 0.29) is 11.4 Å². The van der Waals surface area contributed by atoms with Gasteiger partial charge in [-0.05, 0) is 18.2 Å². The highest BCUT2D eigenvalue weighted by Crippen LogP contribution is 2.31. The van der Waals surface area contributed by atoms with Crippen LogP contribution in [0.5, 0.6) is 0 Å². The lowest BCUT2D eigenvalue weighted by molar-refractivity contribution is 0.0746. The fraction of sp³-hybridized carbons (Fsp3) is 0.235. The number of halogens is 2. The number of benzene rings is 1. The van der Waals surface area contributed by atoms with E-state index in [0.717, 1.165) is 6.07 Å². The van der Waals surface area contributed by atoms with Gasteiger partial charge in [-0.15, -0.1) is 0 Å². The summed E-state index contributed by atoms with van der Waals surface area (Å²) in [7, 11) is 0. The number of aromatic nitrogens is 2. The number of amides is 1. The summed E-state index contributed by atoms with van der Waals surface area (Å²) in [5.74, 6) is -1.31. The zero-order valence-corrected chi connectivity index (χ0v) is 14.0. The molecule has 0 N–H and O–H groups in total. The number of carbonyl (C=O) groups excluding carboxylic acids is 1. The summed E-state index contributed by atoms with van der Waals surface area (Å²) >= 11 is 1.26. The number of hydrogen-bond acceptors (Lipinski definition) is 5. The van der Waals surface area contributed by atoms with Gasteiger partial charge in [-0.3, -0.25) is 9.78 Å². The molecule has 3 heterocycles. The average molecular weight is 360 g/mol. The van der Waals surface area contributed by atoms with Gasteiger partial charge in [0.15, 0.2) is 10.9 Å². The molecule has 0 spiro atoms. The number of rotatable bonds is 2. The van der Waals surface area contributed by atoms with Crippen LogP contribution < -0.4 is 4.90 Å². The van der Waals surface area contributed by atoms with Gasteiger partial charge in [0.05, 0.1) is 10.3 Å². The second-order valence-electron chi connectivity index (χ2n) is 5.75. The van der Waals surface area contributed by atoms with Crippen LogP contribution in [0.25, 0.3) is 10.2 Å². The van der Waals surface area contributed by atoms with Crippen LogP contribution in [0.4, 0.5) is 13.9 Å². The van der Waals surface area contributed by atoms with Crippen molar-refractivity contribution < 1.29 is 13.6 Å². The van der Waals surface area contributed by atoms with Crippen LogP contribution in [0.2, 0.25) is 0 Å². The molecule has 1 saturated heterocycles. The third-order valence-electron chi connectivity index (χ3n) is 4.15. The van der Waals surface area contributed by atoms with Crippen molar-refractivity contribution in [2.45, 2.75) is 0 Å². The molecule has 0 bridgehead atoms. The summed E-state index contributed by atoms with van der Waals surface area (Å²) in [4.78, 5) is 24.5. The van der Waals surface area contributed by atoms with Gasteiger partial charge in [-0.25, -0.2) is 13.8 Å². The summed E-state index contributed by atoms with van der Waals surface area (Å²) in [5, 5.41) is 0.646. The van der Waals surface area contributed by atoms with Gasteiger partial charge in [0.2, 0.25) is 0 Å². The third kappa shape index (κ3) is 3.05. The number of fused-ring (bicyclic) bond motifs is 1. The Morgan fingerprint density at radius 2 is 1.96 bits per heavy atom. The standard InChI is InChI=1S/C17H14F2N4OS/c18-12-8-13(19)15-14(9-12)25-17(21-15)23-6-4-22(5-7-23)16(24)11-2-1-3-20-10-11/h1-3,8-10H,4-7H2. The summed E-state index contributed by atoms with van der Waals surface area (Å²) < 4.78 is 27.6. The second-order valence-corrected chi connectivity index (χ2v) is 6.76. The lowest BCUT2D eigenvalue weighted by atomic mass is 10.2. The first-order valence-electron chi connectivity index (χ1n) is 7.81. The Bertz CT molecular complexity index is 923. The predicted octanol–water partition coefficient (Wildman–Crippen LogP) is 2.93. The number of nitrogens with zero attached hydrogens (tertiary/aromatic N) is 4. The van der Waals surface area contributed by atoms with Crippen LogP contribution in [0, 0.1) is 11.6 Å². The molecule has 0 aliphatic carbocycles. The predicted molar refractivity (Wildman–Crippen MR) is 91.9 cm³/mol. The van der Waals surface area contributed by atoms with Crippen LogP contribution in [0.3, 0.4) is 0 Å². The van der Waals surface area contributed by atoms with Crippen molar-refractivity contribution in [3.05, 3.63) is 53.9 Å². The highest BCUT2D eigenvalue weighted by molar-refractivity contribution is 7.22. The summed E-state index contributed by atoms with van der Waals surface area (Å²) in [6.45, 7) is 2.27. The highest BCUT2D eigenvalue weighted by Gasteiger charge is 2.24. The molecule has 0 radical (unpaired) electrons. The molecule has 1 aliphatic heterocycles. The van der Waals surface area contributed by atoms with E-state index in [9.17, 15) is 13.6 Å². The largest absolute Gasteiger partial charge is 0.345 e. The fourth-order valence-corrected chi connectivity index (χ4v) is 3.91. The topological polar surface area (TPSA) is 49.3 Å². The van der Waals surface area contributed by atoms with Gasteiger partial charge in [-0.1, -0.05) is 11.3 Å². The Hall–Kier alpha value is -2.61. The Labute approximate surface area is 146 Å². The van der Waals surface area contributed by atoms with E-state index >= 15 is 0 Å². The van der Waals surface area contributed by atoms with E-state index in [2.05, 4.69) is 9.97 Å². The molecule has 128 valence electrons. The van der Waals surface area contributed by atoms with E-state index in [0.29, 0.717) is 41.6 Å². The molecule has 3 aromatic rings. The van der Waals surface area contributed by atoms with E-state index in [1.165, 1.54) is 17.4 Å². The van der Waals surface area contributed by atoms with Crippen LogP contribution in [0.1, 0.15) is 10.4 Å². The first kappa shape index (κ1) is 15.9. The molecule has 8 heteroatoms. The zero-order valence-electron chi connectivity index (χ0n) is 13.2. The van der Waals surface area contributed by atoms with Crippen molar-refractivity contribution in [1.29, 1.82) is 0 Å². The zero-order chi connectivity index (χ0) is 17.4. The number of piperazine rings is 1. The molecule has 1 aliphatic rings. The molecule has 5 nitrogen and oxygen atoms in total. The average Bonchev–Trinajstić information content (AvgIpc) is 3.06. The molecule has 1 amide bonds. The molecule has 0 unspecified atom stereocenters. The Morgan fingerprint density at radius 1 is 1.16 bits per heavy atom. The maximum Gasteiger partial charge on any atom is 0.255 e. The van der Waals surface area contributed by atoms with Crippen LogP contribution in [0.15, 0.2) is 36.7 Å². The van der Waals surface area contributed by atoms with Crippen molar-refractivity contribution in [3.8, 4) is 0 Å². The van der Waals surface area contributed by atoms with Gasteiger partial charge in [0.1, 0.15) is 11.3 Å². The number of pyridine rings is 1. The Morgan fingerprint density at radius 3 is 2.68 bits per heavy atom. The fourth-order valence-electron chi connectivity index (χ4n) is 2.85. The minimum atomic E-state index is -0.650. The SMILES string of the molecule is O=C(c1cccnc1)N1CCN(c2nc3c(F)cc(F)cc3s2)CC1. The van der Waals surface area contributed by atoms with Crippen LogP contribution >= 0.6 is 11.3 Å². The van der Waals surface area contributed by atoms with Crippen LogP contribution in [-0.4, -0.2) is 47.0 Å². The van der Waals surface area contributed by atoms with Crippen molar-refractivity contribution in [2.75, 3.05) is 31.1 Å². The molecule has 2 aromatic heterocycles. The van der Waals surface area contributed by atoms with Gasteiger partial charge < -0.3 is 9.80 Å². The molecular formula is C17H14F2N4OS. The van der Waals surface area contributed by atoms with Crippen molar-refractivity contribution in [2.24, 2.45) is 0 Å². The number of anilines is 1. The van der Waals surface area contributed by atoms with Crippen LogP contribution in [-0.2, 0) is 0 Å². The molecule has 4 rings (SSSR count). The number of thiazole rings is 1. The smallest absolute Gasteiger partial charge is 0.255 e. The van der Waals surface area contributed by atoms with Gasteiger partial charge >= 0.3 is 0 Å². The molecule has 1 fully saturated rings. The first-order valence-corrected chi connectivity index (χ1v) is 8.63. The van der Waals surface area contributed by atoms with Gasteiger partial charge in [0.25, 0.3) is 5.91 Å². The first-order chi connectivity index (χ1) is 12.1. The maximum atomic E-state index is 13.8. The monoisotopic (exact) mass is 360 g/mol. The summed E-state index contributed by atoms with van der Waals surface area (Å²) in [6, 6.07) is 5.61. The Kier molecular flexibility index (Phi) is 4.04. The van der Waals surface area contributed by atoms with Crippen molar-refractivity contribution >= 4 is 32.6 Å². The van der Waals surface area contributed by atoms with Crippen molar-refractivity contribution in [1.82, 2.24) is 14.9 Å². The summed E-state index contributed by atoms with van der Waals surface area (Å²) in [5.41, 5.74) is 0.753. The van der Waals surface area contributed by atoms with E-state index in [1.807, 2.05) is 4.90 Å². The highest BCUT2D eigenvalue weighted by atomic mass is 32.1. The normalized spacial score (nSPS) is 15.0. The molecule has 1 aromatic carbocycles. The molecule has 0 saturated carbocycles. The number of carbonyl (C=O) groups is 1. The molecular weight excluding hydrogens is 346 g/mol.